The number of nitrogens with zero attached hydrogens (tertiary/aromatic N) is 1. The van der Waals surface area contributed by atoms with E-state index in [0.717, 1.165) is 18.0 Å². The Morgan fingerprint density at radius 2 is 2.21 bits per heavy atom. The largest absolute Gasteiger partial charge is 0.477 e. The Morgan fingerprint density at radius 1 is 1.57 bits per heavy atom. The summed E-state index contributed by atoms with van der Waals surface area (Å²) in [6.07, 6.45) is 1.02. The highest BCUT2D eigenvalue weighted by atomic mass is 32.2. The highest BCUT2D eigenvalue weighted by molar-refractivity contribution is 8.14. The summed E-state index contributed by atoms with van der Waals surface area (Å²) in [7, 11) is 0. The molecule has 0 radical (unpaired) electrons. The Balaban J connectivity index is 2.90. The van der Waals surface area contributed by atoms with Crippen LogP contribution in [0.5, 0.6) is 0 Å². The van der Waals surface area contributed by atoms with Crippen molar-refractivity contribution in [2.45, 2.75) is 19.1 Å². The number of aromatic nitrogens is 1. The van der Waals surface area contributed by atoms with Crippen LogP contribution in [-0.4, -0.2) is 26.6 Å². The van der Waals surface area contributed by atoms with Crippen molar-refractivity contribution >= 4 is 22.8 Å². The fourth-order valence-electron chi connectivity index (χ4n) is 0.807. The number of hydrogen-bond acceptors (Lipinski definition) is 5. The van der Waals surface area contributed by atoms with Crippen molar-refractivity contribution in [3.63, 3.8) is 0 Å². The van der Waals surface area contributed by atoms with Crippen LogP contribution in [0.15, 0.2) is 10.7 Å². The topological polar surface area (TPSA) is 80.4 Å². The van der Waals surface area contributed by atoms with E-state index in [1.54, 1.807) is 0 Å². The number of hydrogen-bond donors (Lipinski definition) is 1. The minimum Gasteiger partial charge on any atom is -0.477 e. The third-order valence-electron chi connectivity index (χ3n) is 1.33. The van der Waals surface area contributed by atoms with Crippen LogP contribution < -0.4 is 0 Å². The van der Waals surface area contributed by atoms with Crippen LogP contribution in [0, 0.1) is 0 Å². The Morgan fingerprint density at radius 3 is 2.71 bits per heavy atom. The van der Waals surface area contributed by atoms with Gasteiger partial charge in [0.2, 0.25) is 5.76 Å². The molecular formula is C8H9NO4S. The molecule has 14 heavy (non-hydrogen) atoms. The molecule has 1 heterocycles. The van der Waals surface area contributed by atoms with E-state index in [0.29, 0.717) is 0 Å². The molecule has 0 unspecified atom stereocenters. The standard InChI is InChI=1S/C8H9NO4S/c1-4(2)14-8(12)6-5(7(10)11)3-9-13-6/h3-4H,1-2H3,(H,10,11). The second-order valence-electron chi connectivity index (χ2n) is 2.83. The molecular weight excluding hydrogens is 206 g/mol. The second-order valence-corrected chi connectivity index (χ2v) is 4.38. The van der Waals surface area contributed by atoms with E-state index >= 15 is 0 Å². The van der Waals surface area contributed by atoms with E-state index in [9.17, 15) is 9.59 Å². The Kier molecular flexibility index (Phi) is 3.29. The van der Waals surface area contributed by atoms with Crippen molar-refractivity contribution < 1.29 is 19.2 Å². The van der Waals surface area contributed by atoms with Crippen LogP contribution in [0.25, 0.3) is 0 Å². The number of carboxylic acids is 1. The van der Waals surface area contributed by atoms with Gasteiger partial charge >= 0.3 is 5.97 Å². The minimum atomic E-state index is -1.21. The molecule has 0 saturated carbocycles. The summed E-state index contributed by atoms with van der Waals surface area (Å²) in [4.78, 5) is 22.0. The molecule has 5 nitrogen and oxygen atoms in total. The molecule has 0 aromatic carbocycles. The van der Waals surface area contributed by atoms with E-state index in [1.165, 1.54) is 0 Å². The van der Waals surface area contributed by atoms with Crippen LogP contribution in [-0.2, 0) is 0 Å². The normalized spacial score (nSPS) is 10.5. The van der Waals surface area contributed by atoms with Crippen molar-refractivity contribution in [2.75, 3.05) is 0 Å². The first-order chi connectivity index (χ1) is 6.52. The molecule has 76 valence electrons. The van der Waals surface area contributed by atoms with Crippen LogP contribution in [0.2, 0.25) is 0 Å². The van der Waals surface area contributed by atoms with Gasteiger partial charge in [0.15, 0.2) is 0 Å². The van der Waals surface area contributed by atoms with Gasteiger partial charge in [0.05, 0.1) is 6.20 Å². The van der Waals surface area contributed by atoms with Gasteiger partial charge < -0.3 is 9.63 Å². The van der Waals surface area contributed by atoms with Gasteiger partial charge in [0.1, 0.15) is 5.56 Å². The van der Waals surface area contributed by atoms with E-state index in [-0.39, 0.29) is 16.6 Å². The predicted octanol–water partition coefficient (Wildman–Crippen LogP) is 1.65. The van der Waals surface area contributed by atoms with Gasteiger partial charge in [0.25, 0.3) is 5.12 Å². The number of carbonyl (C=O) groups excluding carboxylic acids is 1. The van der Waals surface area contributed by atoms with Gasteiger partial charge in [0, 0.05) is 5.25 Å². The average molecular weight is 215 g/mol. The molecule has 1 aromatic rings. The van der Waals surface area contributed by atoms with E-state index in [2.05, 4.69) is 9.68 Å². The third kappa shape index (κ3) is 2.35. The van der Waals surface area contributed by atoms with Gasteiger partial charge in [-0.3, -0.25) is 4.79 Å². The fourth-order valence-corrected chi connectivity index (χ4v) is 1.49. The Bertz CT molecular complexity index is 358. The number of thioether (sulfide) groups is 1. The number of carbonyl (C=O) groups is 2. The lowest BCUT2D eigenvalue weighted by Crippen LogP contribution is -2.04. The van der Waals surface area contributed by atoms with E-state index in [4.69, 9.17) is 5.11 Å². The molecule has 1 N–H and O–H groups in total. The van der Waals surface area contributed by atoms with Crippen LogP contribution in [0.4, 0.5) is 0 Å². The molecule has 0 atom stereocenters. The molecule has 0 bridgehead atoms. The van der Waals surface area contributed by atoms with Crippen molar-refractivity contribution in [3.8, 4) is 0 Å². The molecule has 0 aliphatic rings. The lowest BCUT2D eigenvalue weighted by molar-refractivity contribution is 0.0691. The van der Waals surface area contributed by atoms with Crippen molar-refractivity contribution in [1.82, 2.24) is 5.16 Å². The predicted molar refractivity (Wildman–Crippen MR) is 50.5 cm³/mol. The third-order valence-corrected chi connectivity index (χ3v) is 2.20. The van der Waals surface area contributed by atoms with Crippen molar-refractivity contribution in [2.24, 2.45) is 0 Å². The summed E-state index contributed by atoms with van der Waals surface area (Å²) in [5.74, 6) is -1.41. The maximum atomic E-state index is 11.4. The molecule has 6 heteroatoms. The monoisotopic (exact) mass is 215 g/mol. The van der Waals surface area contributed by atoms with Crippen molar-refractivity contribution in [1.29, 1.82) is 0 Å². The molecule has 1 aromatic heterocycles. The van der Waals surface area contributed by atoms with Gasteiger partial charge in [-0.25, -0.2) is 4.79 Å². The lowest BCUT2D eigenvalue weighted by Gasteiger charge is -2.00. The summed E-state index contributed by atoms with van der Waals surface area (Å²) in [5, 5.41) is 11.6. The zero-order valence-electron chi connectivity index (χ0n) is 7.68. The first-order valence-corrected chi connectivity index (χ1v) is 4.79. The summed E-state index contributed by atoms with van der Waals surface area (Å²) >= 11 is 1.01. The van der Waals surface area contributed by atoms with Gasteiger partial charge in [-0.2, -0.15) is 0 Å². The quantitative estimate of drug-likeness (QED) is 0.825. The summed E-state index contributed by atoms with van der Waals surface area (Å²) in [6, 6.07) is 0. The number of carboxylic acid groups (broad SMARTS) is 1. The Hall–Kier alpha value is -1.30. The molecule has 0 aliphatic carbocycles. The maximum absolute atomic E-state index is 11.4. The first kappa shape index (κ1) is 10.8. The molecule has 1 rings (SSSR count). The number of aromatic carboxylic acids is 1. The molecule has 0 aliphatic heterocycles. The average Bonchev–Trinajstić information content (AvgIpc) is 2.49. The highest BCUT2D eigenvalue weighted by Crippen LogP contribution is 2.19. The lowest BCUT2D eigenvalue weighted by atomic mass is 10.3. The number of rotatable bonds is 3. The van der Waals surface area contributed by atoms with E-state index in [1.807, 2.05) is 13.8 Å². The van der Waals surface area contributed by atoms with E-state index < -0.39 is 11.1 Å². The second kappa shape index (κ2) is 4.28. The van der Waals surface area contributed by atoms with Crippen molar-refractivity contribution in [3.05, 3.63) is 17.5 Å². The zero-order chi connectivity index (χ0) is 10.7. The smallest absolute Gasteiger partial charge is 0.341 e. The molecule has 0 spiro atoms. The summed E-state index contributed by atoms with van der Waals surface area (Å²) < 4.78 is 4.59. The fraction of sp³-hybridized carbons (Fsp3) is 0.375. The molecule has 0 saturated heterocycles. The van der Waals surface area contributed by atoms with Crippen LogP contribution >= 0.6 is 11.8 Å². The summed E-state index contributed by atoms with van der Waals surface area (Å²) in [5.41, 5.74) is -0.192. The molecule has 0 fully saturated rings. The van der Waals surface area contributed by atoms with Gasteiger partial charge in [-0.1, -0.05) is 30.8 Å². The molecule has 0 amide bonds. The van der Waals surface area contributed by atoms with Crippen LogP contribution in [0.3, 0.4) is 0 Å². The minimum absolute atomic E-state index is 0.0780. The Labute approximate surface area is 84.5 Å². The van der Waals surface area contributed by atoms with Gasteiger partial charge in [-0.15, -0.1) is 0 Å². The first-order valence-electron chi connectivity index (χ1n) is 3.91. The van der Waals surface area contributed by atoms with Gasteiger partial charge in [-0.05, 0) is 0 Å². The highest BCUT2D eigenvalue weighted by Gasteiger charge is 2.22. The SMILES string of the molecule is CC(C)SC(=O)c1oncc1C(=O)O. The van der Waals surface area contributed by atoms with Crippen LogP contribution in [0.1, 0.15) is 34.8 Å². The maximum Gasteiger partial charge on any atom is 0.341 e. The summed E-state index contributed by atoms with van der Waals surface area (Å²) in [6.45, 7) is 3.67. The zero-order valence-corrected chi connectivity index (χ0v) is 8.50.